The SMILES string of the molecule is CCCCCc1nc2ccc(C)cc2c(CO)c1Cc1ccc(-c2ccccc2-c2nnn[nH]2)cc1. The number of fused-ring (bicyclic) bond motifs is 1. The second kappa shape index (κ2) is 10.8. The van der Waals surface area contributed by atoms with E-state index in [4.69, 9.17) is 4.98 Å². The zero-order valence-electron chi connectivity index (χ0n) is 20.8. The van der Waals surface area contributed by atoms with Crippen LogP contribution in [0.1, 0.15) is 54.1 Å². The summed E-state index contributed by atoms with van der Waals surface area (Å²) in [4.78, 5) is 5.06. The van der Waals surface area contributed by atoms with Gasteiger partial charge >= 0.3 is 0 Å². The van der Waals surface area contributed by atoms with Gasteiger partial charge < -0.3 is 5.11 Å². The molecule has 5 rings (SSSR count). The number of aromatic nitrogens is 5. The van der Waals surface area contributed by atoms with Crippen molar-refractivity contribution in [2.24, 2.45) is 0 Å². The van der Waals surface area contributed by atoms with E-state index in [2.05, 4.69) is 83.0 Å². The van der Waals surface area contributed by atoms with Gasteiger partial charge in [-0.2, -0.15) is 0 Å². The summed E-state index contributed by atoms with van der Waals surface area (Å²) in [5.41, 5.74) is 9.74. The first-order chi connectivity index (χ1) is 17.7. The molecule has 0 spiro atoms. The minimum Gasteiger partial charge on any atom is -0.392 e. The number of nitrogens with zero attached hydrogens (tertiary/aromatic N) is 4. The Hall–Kier alpha value is -3.90. The highest BCUT2D eigenvalue weighted by atomic mass is 16.3. The van der Waals surface area contributed by atoms with Gasteiger partial charge in [-0.25, -0.2) is 5.10 Å². The molecule has 6 nitrogen and oxygen atoms in total. The average molecular weight is 478 g/mol. The van der Waals surface area contributed by atoms with E-state index in [0.29, 0.717) is 5.82 Å². The van der Waals surface area contributed by atoms with Crippen molar-refractivity contribution in [2.75, 3.05) is 0 Å². The van der Waals surface area contributed by atoms with Crippen LogP contribution in [0.25, 0.3) is 33.4 Å². The number of hydrogen-bond acceptors (Lipinski definition) is 5. The molecule has 0 aliphatic carbocycles. The lowest BCUT2D eigenvalue weighted by Gasteiger charge is -2.17. The normalized spacial score (nSPS) is 11.3. The quantitative estimate of drug-likeness (QED) is 0.247. The predicted octanol–water partition coefficient (Wildman–Crippen LogP) is 6.21. The summed E-state index contributed by atoms with van der Waals surface area (Å²) in [6.07, 6.45) is 5.11. The van der Waals surface area contributed by atoms with Crippen molar-refractivity contribution in [3.05, 3.63) is 94.7 Å². The van der Waals surface area contributed by atoms with Crippen LogP contribution in [0.15, 0.2) is 66.7 Å². The highest BCUT2D eigenvalue weighted by Crippen LogP contribution is 2.31. The molecule has 0 radical (unpaired) electrons. The van der Waals surface area contributed by atoms with Gasteiger partial charge in [0, 0.05) is 16.6 Å². The molecule has 2 heterocycles. The first-order valence-corrected chi connectivity index (χ1v) is 12.6. The molecule has 2 aromatic heterocycles. The number of benzene rings is 3. The van der Waals surface area contributed by atoms with Crippen LogP contribution in [-0.4, -0.2) is 30.7 Å². The van der Waals surface area contributed by atoms with Crippen LogP contribution in [0.4, 0.5) is 0 Å². The highest BCUT2D eigenvalue weighted by molar-refractivity contribution is 5.85. The maximum atomic E-state index is 10.4. The van der Waals surface area contributed by atoms with Gasteiger partial charge in [-0.15, -0.1) is 5.10 Å². The Labute approximate surface area is 211 Å². The lowest BCUT2D eigenvalue weighted by atomic mass is 9.91. The van der Waals surface area contributed by atoms with Gasteiger partial charge in [-0.1, -0.05) is 79.9 Å². The Kier molecular flexibility index (Phi) is 7.14. The third-order valence-electron chi connectivity index (χ3n) is 6.79. The summed E-state index contributed by atoms with van der Waals surface area (Å²) in [6.45, 7) is 4.31. The summed E-state index contributed by atoms with van der Waals surface area (Å²) < 4.78 is 0. The molecular weight excluding hydrogens is 446 g/mol. The monoisotopic (exact) mass is 477 g/mol. The molecule has 0 saturated carbocycles. The third-order valence-corrected chi connectivity index (χ3v) is 6.79. The van der Waals surface area contributed by atoms with E-state index in [9.17, 15) is 5.11 Å². The summed E-state index contributed by atoms with van der Waals surface area (Å²) in [5.74, 6) is 0.650. The number of unbranched alkanes of at least 4 members (excludes halogenated alkanes) is 2. The molecule has 3 aromatic carbocycles. The zero-order valence-corrected chi connectivity index (χ0v) is 20.8. The van der Waals surface area contributed by atoms with Gasteiger partial charge in [-0.05, 0) is 76.6 Å². The van der Waals surface area contributed by atoms with E-state index in [1.165, 1.54) is 24.0 Å². The van der Waals surface area contributed by atoms with Gasteiger partial charge in [0.05, 0.1) is 12.1 Å². The third kappa shape index (κ3) is 4.90. The Morgan fingerprint density at radius 3 is 2.42 bits per heavy atom. The van der Waals surface area contributed by atoms with Crippen LogP contribution < -0.4 is 0 Å². The fraction of sp³-hybridized carbons (Fsp3) is 0.267. The van der Waals surface area contributed by atoms with Gasteiger partial charge in [0.25, 0.3) is 0 Å². The van der Waals surface area contributed by atoms with Crippen molar-refractivity contribution in [2.45, 2.75) is 52.6 Å². The molecule has 0 aliphatic rings. The van der Waals surface area contributed by atoms with Crippen molar-refractivity contribution < 1.29 is 5.11 Å². The number of hydrogen-bond donors (Lipinski definition) is 2. The van der Waals surface area contributed by atoms with E-state index < -0.39 is 0 Å². The highest BCUT2D eigenvalue weighted by Gasteiger charge is 2.16. The smallest absolute Gasteiger partial charge is 0.180 e. The standard InChI is InChI=1S/C30H31N5O/c1-3-4-5-10-28-26(27(19-36)25-17-20(2)11-16-29(25)31-28)18-21-12-14-22(15-13-21)23-8-6-7-9-24(23)30-32-34-35-33-30/h6-9,11-17,36H,3-5,10,18-19H2,1-2H3,(H,32,33,34,35). The molecule has 0 aliphatic heterocycles. The Balaban J connectivity index is 1.51. The van der Waals surface area contributed by atoms with Gasteiger partial charge in [-0.3, -0.25) is 4.98 Å². The van der Waals surface area contributed by atoms with E-state index in [1.54, 1.807) is 0 Å². The van der Waals surface area contributed by atoms with Gasteiger partial charge in [0.15, 0.2) is 5.82 Å². The minimum absolute atomic E-state index is 0.00919. The van der Waals surface area contributed by atoms with Crippen molar-refractivity contribution >= 4 is 10.9 Å². The Morgan fingerprint density at radius 1 is 0.889 bits per heavy atom. The van der Waals surface area contributed by atoms with Crippen LogP contribution in [0.2, 0.25) is 0 Å². The maximum absolute atomic E-state index is 10.4. The lowest BCUT2D eigenvalue weighted by Crippen LogP contribution is -2.07. The number of aryl methyl sites for hydroxylation is 2. The van der Waals surface area contributed by atoms with Crippen LogP contribution >= 0.6 is 0 Å². The number of pyridine rings is 1. The largest absolute Gasteiger partial charge is 0.392 e. The van der Waals surface area contributed by atoms with Crippen molar-refractivity contribution in [3.8, 4) is 22.5 Å². The molecule has 2 N–H and O–H groups in total. The lowest BCUT2D eigenvalue weighted by molar-refractivity contribution is 0.282. The first-order valence-electron chi connectivity index (χ1n) is 12.6. The minimum atomic E-state index is 0.00919. The number of H-pyrrole nitrogens is 1. The second-order valence-corrected chi connectivity index (χ2v) is 9.32. The van der Waals surface area contributed by atoms with Crippen LogP contribution in [0, 0.1) is 6.92 Å². The zero-order chi connectivity index (χ0) is 24.9. The number of tetrazole rings is 1. The molecule has 0 unspecified atom stereocenters. The average Bonchev–Trinajstić information content (AvgIpc) is 3.45. The molecule has 6 heteroatoms. The number of rotatable bonds is 9. The summed E-state index contributed by atoms with van der Waals surface area (Å²) >= 11 is 0. The fourth-order valence-electron chi connectivity index (χ4n) is 4.90. The molecule has 0 bridgehead atoms. The number of aliphatic hydroxyl groups is 1. The molecular formula is C30H31N5O. The fourth-order valence-corrected chi connectivity index (χ4v) is 4.90. The number of aliphatic hydroxyl groups excluding tert-OH is 1. The van der Waals surface area contributed by atoms with Crippen molar-refractivity contribution in [1.82, 2.24) is 25.6 Å². The van der Waals surface area contributed by atoms with Crippen LogP contribution in [-0.2, 0) is 19.4 Å². The predicted molar refractivity (Wildman–Crippen MR) is 143 cm³/mol. The Bertz CT molecular complexity index is 1460. The number of aromatic amines is 1. The molecule has 0 atom stereocenters. The number of nitrogens with one attached hydrogen (secondary N) is 1. The van der Waals surface area contributed by atoms with Crippen molar-refractivity contribution in [1.29, 1.82) is 0 Å². The van der Waals surface area contributed by atoms with E-state index in [-0.39, 0.29) is 6.61 Å². The summed E-state index contributed by atoms with van der Waals surface area (Å²) in [6, 6.07) is 23.1. The van der Waals surface area contributed by atoms with Crippen molar-refractivity contribution in [3.63, 3.8) is 0 Å². The van der Waals surface area contributed by atoms with E-state index in [1.807, 2.05) is 18.2 Å². The molecule has 182 valence electrons. The van der Waals surface area contributed by atoms with Gasteiger partial charge in [0.1, 0.15) is 0 Å². The maximum Gasteiger partial charge on any atom is 0.180 e. The molecule has 0 amide bonds. The summed E-state index contributed by atoms with van der Waals surface area (Å²) in [5, 5.41) is 25.9. The molecule has 36 heavy (non-hydrogen) atoms. The molecule has 0 fully saturated rings. The second-order valence-electron chi connectivity index (χ2n) is 9.32. The molecule has 0 saturated heterocycles. The van der Waals surface area contributed by atoms with Gasteiger partial charge in [0.2, 0.25) is 0 Å². The topological polar surface area (TPSA) is 87.6 Å². The van der Waals surface area contributed by atoms with Crippen LogP contribution in [0.3, 0.4) is 0 Å². The first kappa shape index (κ1) is 23.8. The summed E-state index contributed by atoms with van der Waals surface area (Å²) in [7, 11) is 0. The van der Waals surface area contributed by atoms with E-state index >= 15 is 0 Å². The molecule has 5 aromatic rings. The Morgan fingerprint density at radius 2 is 1.69 bits per heavy atom. The van der Waals surface area contributed by atoms with Crippen LogP contribution in [0.5, 0.6) is 0 Å². The van der Waals surface area contributed by atoms with E-state index in [0.717, 1.165) is 63.7 Å².